The number of para-hydroxylation sites is 6. The number of hydrogen-bond acceptors (Lipinski definition) is 2. The topological polar surface area (TPSA) is 40.6 Å². The van der Waals surface area contributed by atoms with E-state index in [1.54, 1.807) is 0 Å². The molecule has 284 valence electrons. The molecule has 0 unspecified atom stereocenters. The van der Waals surface area contributed by atoms with Crippen LogP contribution in [0.25, 0.3) is 116 Å². The van der Waals surface area contributed by atoms with Crippen LogP contribution in [0, 0.1) is 0 Å². The second-order valence-corrected chi connectivity index (χ2v) is 15.8. The Labute approximate surface area is 350 Å². The molecule has 0 aliphatic rings. The van der Waals surface area contributed by atoms with Crippen LogP contribution >= 0.6 is 0 Å². The summed E-state index contributed by atoms with van der Waals surface area (Å²) in [6.45, 7) is 0. The molecule has 0 radical (unpaired) electrons. The molecule has 13 rings (SSSR count). The van der Waals surface area contributed by atoms with Gasteiger partial charge in [-0.1, -0.05) is 140 Å². The van der Waals surface area contributed by atoms with Crippen molar-refractivity contribution >= 4 is 76.3 Å². The van der Waals surface area contributed by atoms with Crippen LogP contribution in [0.1, 0.15) is 0 Å². The van der Waals surface area contributed by atoms with Gasteiger partial charge in [-0.25, -0.2) is 9.97 Å². The molecular weight excluding hydrogens is 743 g/mol. The zero-order valence-electron chi connectivity index (χ0n) is 32.9. The average molecular weight is 778 g/mol. The molecule has 4 heterocycles. The van der Waals surface area contributed by atoms with Crippen molar-refractivity contribution < 1.29 is 0 Å². The van der Waals surface area contributed by atoms with Crippen molar-refractivity contribution in [3.63, 3.8) is 0 Å². The van der Waals surface area contributed by atoms with Crippen molar-refractivity contribution in [3.8, 4) is 39.7 Å². The fourth-order valence-electron chi connectivity index (χ4n) is 9.73. The van der Waals surface area contributed by atoms with Crippen LogP contribution in [-0.4, -0.2) is 23.7 Å². The molecule has 0 aliphatic carbocycles. The summed E-state index contributed by atoms with van der Waals surface area (Å²) in [6, 6.07) is 76.1. The van der Waals surface area contributed by atoms with Gasteiger partial charge in [0, 0.05) is 54.6 Å². The van der Waals surface area contributed by atoms with E-state index in [0.29, 0.717) is 5.95 Å². The van der Waals surface area contributed by atoms with Crippen LogP contribution in [0.5, 0.6) is 0 Å². The lowest BCUT2D eigenvalue weighted by molar-refractivity contribution is 1.01. The minimum Gasteiger partial charge on any atom is -0.309 e. The van der Waals surface area contributed by atoms with Crippen LogP contribution in [0.2, 0.25) is 0 Å². The number of benzene rings is 9. The van der Waals surface area contributed by atoms with Gasteiger partial charge in [0.1, 0.15) is 0 Å². The van der Waals surface area contributed by atoms with Gasteiger partial charge in [0.25, 0.3) is 0 Å². The highest BCUT2D eigenvalue weighted by molar-refractivity contribution is 6.13. The Hall–Kier alpha value is -8.28. The first-order chi connectivity index (χ1) is 30.3. The van der Waals surface area contributed by atoms with E-state index in [9.17, 15) is 0 Å². The maximum absolute atomic E-state index is 5.46. The molecule has 0 fully saturated rings. The van der Waals surface area contributed by atoms with Gasteiger partial charge in [-0.2, -0.15) is 0 Å². The molecule has 0 saturated heterocycles. The Bertz CT molecular complexity index is 3820. The van der Waals surface area contributed by atoms with Crippen LogP contribution in [0.4, 0.5) is 0 Å². The molecule has 61 heavy (non-hydrogen) atoms. The summed E-state index contributed by atoms with van der Waals surface area (Å²) < 4.78 is 6.96. The molecule has 0 bridgehead atoms. The first-order valence-corrected chi connectivity index (χ1v) is 20.8. The predicted octanol–water partition coefficient (Wildman–Crippen LogP) is 14.3. The van der Waals surface area contributed by atoms with E-state index >= 15 is 0 Å². The van der Waals surface area contributed by atoms with E-state index in [1.807, 2.05) is 0 Å². The summed E-state index contributed by atoms with van der Waals surface area (Å²) in [5.41, 5.74) is 14.3. The average Bonchev–Trinajstić information content (AvgIpc) is 3.97. The van der Waals surface area contributed by atoms with Crippen molar-refractivity contribution in [2.45, 2.75) is 0 Å². The Morgan fingerprint density at radius 2 is 0.705 bits per heavy atom. The number of aromatic nitrogens is 5. The van der Waals surface area contributed by atoms with Crippen LogP contribution in [-0.2, 0) is 0 Å². The van der Waals surface area contributed by atoms with Gasteiger partial charge >= 0.3 is 0 Å². The molecular formula is C56H35N5. The molecule has 0 atom stereocenters. The lowest BCUT2D eigenvalue weighted by Gasteiger charge is -2.13. The van der Waals surface area contributed by atoms with Gasteiger partial charge in [0.15, 0.2) is 0 Å². The second-order valence-electron chi connectivity index (χ2n) is 15.8. The zero-order valence-corrected chi connectivity index (χ0v) is 32.9. The van der Waals surface area contributed by atoms with Gasteiger partial charge in [0.2, 0.25) is 5.95 Å². The molecule has 5 heteroatoms. The third-order valence-electron chi connectivity index (χ3n) is 12.5. The lowest BCUT2D eigenvalue weighted by Crippen LogP contribution is -2.03. The van der Waals surface area contributed by atoms with Crippen LogP contribution in [0.3, 0.4) is 0 Å². The highest BCUT2D eigenvalue weighted by atomic mass is 15.2. The van der Waals surface area contributed by atoms with Crippen molar-refractivity contribution in [2.75, 3.05) is 0 Å². The Morgan fingerprint density at radius 3 is 1.34 bits per heavy atom. The fraction of sp³-hybridized carbons (Fsp3) is 0. The Balaban J connectivity index is 0.981. The molecule has 0 N–H and O–H groups in total. The zero-order chi connectivity index (χ0) is 40.0. The summed E-state index contributed by atoms with van der Waals surface area (Å²) in [5, 5.41) is 8.30. The summed E-state index contributed by atoms with van der Waals surface area (Å²) in [5.74, 6) is 0.643. The van der Waals surface area contributed by atoms with Crippen LogP contribution in [0.15, 0.2) is 212 Å². The van der Waals surface area contributed by atoms with Crippen molar-refractivity contribution in [2.24, 2.45) is 0 Å². The first kappa shape index (κ1) is 33.7. The summed E-state index contributed by atoms with van der Waals surface area (Å²) in [4.78, 5) is 10.7. The summed E-state index contributed by atoms with van der Waals surface area (Å²) >= 11 is 0. The fourth-order valence-corrected chi connectivity index (χ4v) is 9.73. The van der Waals surface area contributed by atoms with Crippen molar-refractivity contribution in [3.05, 3.63) is 212 Å². The van der Waals surface area contributed by atoms with E-state index in [2.05, 4.69) is 226 Å². The molecule has 0 amide bonds. The summed E-state index contributed by atoms with van der Waals surface area (Å²) in [7, 11) is 0. The third-order valence-corrected chi connectivity index (χ3v) is 12.5. The van der Waals surface area contributed by atoms with Crippen LogP contribution < -0.4 is 0 Å². The van der Waals surface area contributed by atoms with Gasteiger partial charge < -0.3 is 9.13 Å². The Kier molecular flexibility index (Phi) is 7.24. The van der Waals surface area contributed by atoms with E-state index in [0.717, 1.165) is 61.1 Å². The monoisotopic (exact) mass is 777 g/mol. The molecule has 9 aromatic carbocycles. The predicted molar refractivity (Wildman–Crippen MR) is 253 cm³/mol. The van der Waals surface area contributed by atoms with E-state index in [4.69, 9.17) is 9.97 Å². The standard InChI is InChI=1S/C56H35N5/c1-2-14-39(15-3-1)59-51-24-12-8-19-44(51)47-34-37(29-33-53(47)59)38-28-32-45-43-18-7-13-25-52(43)61(54(45)35-38)56-57-48-21-9-4-20-46(48)55(58-56)36-26-30-40(31-27-36)60-49-22-10-5-16-41(49)42-17-6-11-23-50(42)60/h1-35H. The van der Waals surface area contributed by atoms with Gasteiger partial charge in [-0.05, 0) is 83.9 Å². The SMILES string of the molecule is c1ccc(-n2c3ccccc3c3cc(-c4ccc5c6ccccc6n(-c6nc(-c7ccc(-n8c9ccccc9c9ccccc98)cc7)c7ccccc7n6)c5c4)ccc32)cc1. The number of nitrogens with zero attached hydrogens (tertiary/aromatic N) is 5. The Morgan fingerprint density at radius 1 is 0.262 bits per heavy atom. The van der Waals surface area contributed by atoms with E-state index in [-0.39, 0.29) is 0 Å². The number of rotatable bonds is 5. The quantitative estimate of drug-likeness (QED) is 0.175. The minimum absolute atomic E-state index is 0.643. The smallest absolute Gasteiger partial charge is 0.235 e. The van der Waals surface area contributed by atoms with E-state index < -0.39 is 0 Å². The largest absolute Gasteiger partial charge is 0.309 e. The van der Waals surface area contributed by atoms with Crippen molar-refractivity contribution in [1.29, 1.82) is 0 Å². The van der Waals surface area contributed by atoms with E-state index in [1.165, 1.54) is 49.0 Å². The second kappa shape index (κ2) is 13.1. The number of hydrogen-bond donors (Lipinski definition) is 0. The minimum atomic E-state index is 0.643. The molecule has 13 aromatic rings. The molecule has 0 saturated carbocycles. The van der Waals surface area contributed by atoms with Gasteiger partial charge in [-0.3, -0.25) is 4.57 Å². The first-order valence-electron chi connectivity index (χ1n) is 20.8. The number of fused-ring (bicyclic) bond motifs is 10. The molecule has 0 spiro atoms. The lowest BCUT2D eigenvalue weighted by atomic mass is 10.0. The van der Waals surface area contributed by atoms with Gasteiger partial charge in [0.05, 0.1) is 44.3 Å². The summed E-state index contributed by atoms with van der Waals surface area (Å²) in [6.07, 6.45) is 0. The molecule has 4 aromatic heterocycles. The maximum Gasteiger partial charge on any atom is 0.235 e. The highest BCUT2D eigenvalue weighted by Gasteiger charge is 2.20. The normalized spacial score (nSPS) is 11.9. The molecule has 0 aliphatic heterocycles. The maximum atomic E-state index is 5.46. The highest BCUT2D eigenvalue weighted by Crippen LogP contribution is 2.39. The molecule has 5 nitrogen and oxygen atoms in total. The third kappa shape index (κ3) is 5.08. The van der Waals surface area contributed by atoms with Gasteiger partial charge in [-0.15, -0.1) is 0 Å². The van der Waals surface area contributed by atoms with Crippen molar-refractivity contribution in [1.82, 2.24) is 23.7 Å².